The summed E-state index contributed by atoms with van der Waals surface area (Å²) in [7, 11) is 1.66. The lowest BCUT2D eigenvalue weighted by Crippen LogP contribution is -2.41. The van der Waals surface area contributed by atoms with Crippen LogP contribution in [-0.4, -0.2) is 19.8 Å². The second-order valence-corrected chi connectivity index (χ2v) is 6.33. The predicted molar refractivity (Wildman–Crippen MR) is 88.9 cm³/mol. The number of methoxy groups -OCH3 is 1. The molecule has 5 heteroatoms. The van der Waals surface area contributed by atoms with Gasteiger partial charge in [-0.2, -0.15) is 0 Å². The molecular formula is C17H18N2O2S. The number of benzene rings is 2. The van der Waals surface area contributed by atoms with Gasteiger partial charge < -0.3 is 14.4 Å². The highest BCUT2D eigenvalue weighted by molar-refractivity contribution is 7.97. The van der Waals surface area contributed by atoms with Crippen LogP contribution in [0.25, 0.3) is 0 Å². The Balaban J connectivity index is 1.62. The second kappa shape index (κ2) is 5.74. The van der Waals surface area contributed by atoms with Crippen LogP contribution in [0.1, 0.15) is 12.8 Å². The monoisotopic (exact) mass is 314 g/mol. The first kappa shape index (κ1) is 13.8. The molecule has 2 aliphatic rings. The van der Waals surface area contributed by atoms with E-state index in [-0.39, 0.29) is 0 Å². The third-order valence-electron chi connectivity index (χ3n) is 4.10. The molecule has 4 rings (SSSR count). The van der Waals surface area contributed by atoms with Gasteiger partial charge in [-0.1, -0.05) is 12.1 Å². The number of hydrogen-bond donors (Lipinski definition) is 1. The van der Waals surface area contributed by atoms with Crippen LogP contribution >= 0.6 is 11.9 Å². The summed E-state index contributed by atoms with van der Waals surface area (Å²) in [5.41, 5.74) is 1.30. The summed E-state index contributed by atoms with van der Waals surface area (Å²) in [5, 5.41) is 0. The Hall–Kier alpha value is -1.85. The van der Waals surface area contributed by atoms with E-state index in [1.54, 1.807) is 19.1 Å². The minimum Gasteiger partial charge on any atom is -0.493 e. The van der Waals surface area contributed by atoms with Gasteiger partial charge in [-0.25, -0.2) is 4.72 Å². The minimum absolute atomic E-state index is 0.471. The largest absolute Gasteiger partial charge is 0.493 e. The van der Waals surface area contributed by atoms with Crippen molar-refractivity contribution < 1.29 is 9.47 Å². The normalized spacial score (nSPS) is 19.5. The third-order valence-corrected chi connectivity index (χ3v) is 5.03. The quantitative estimate of drug-likeness (QED) is 0.865. The van der Waals surface area contributed by atoms with Crippen molar-refractivity contribution in [3.63, 3.8) is 0 Å². The topological polar surface area (TPSA) is 33.7 Å². The SMILES string of the molecule is COc1ccccc1Oc1ccc2c(c1)SNC1CCCN21. The molecule has 0 spiro atoms. The lowest BCUT2D eigenvalue weighted by atomic mass is 10.2. The van der Waals surface area contributed by atoms with Crippen LogP contribution in [0.3, 0.4) is 0 Å². The average Bonchev–Trinajstić information content (AvgIpc) is 3.04. The molecule has 2 aromatic rings. The van der Waals surface area contributed by atoms with Crippen molar-refractivity contribution in [2.75, 3.05) is 18.6 Å². The van der Waals surface area contributed by atoms with Gasteiger partial charge in [-0.15, -0.1) is 0 Å². The molecule has 1 saturated heterocycles. The first-order valence-corrected chi connectivity index (χ1v) is 8.31. The van der Waals surface area contributed by atoms with Crippen LogP contribution in [0.4, 0.5) is 5.69 Å². The molecule has 0 saturated carbocycles. The van der Waals surface area contributed by atoms with Gasteiger partial charge in [0.2, 0.25) is 0 Å². The van der Waals surface area contributed by atoms with Gasteiger partial charge in [0.25, 0.3) is 0 Å². The maximum Gasteiger partial charge on any atom is 0.169 e. The van der Waals surface area contributed by atoms with Crippen molar-refractivity contribution in [1.82, 2.24) is 4.72 Å². The number of nitrogens with zero attached hydrogens (tertiary/aromatic N) is 1. The molecule has 0 bridgehead atoms. The molecule has 1 N–H and O–H groups in total. The lowest BCUT2D eigenvalue weighted by molar-refractivity contribution is 0.378. The van der Waals surface area contributed by atoms with Crippen molar-refractivity contribution in [2.45, 2.75) is 23.9 Å². The number of anilines is 1. The first-order valence-electron chi connectivity index (χ1n) is 7.49. The number of rotatable bonds is 3. The summed E-state index contributed by atoms with van der Waals surface area (Å²) in [5.74, 6) is 2.30. The van der Waals surface area contributed by atoms with E-state index in [1.807, 2.05) is 30.3 Å². The van der Waals surface area contributed by atoms with Crippen LogP contribution in [0.2, 0.25) is 0 Å². The predicted octanol–water partition coefficient (Wildman–Crippen LogP) is 4.02. The summed E-state index contributed by atoms with van der Waals surface area (Å²) >= 11 is 1.70. The number of ether oxygens (including phenoxy) is 2. The van der Waals surface area contributed by atoms with Gasteiger partial charge in [0, 0.05) is 11.4 Å². The van der Waals surface area contributed by atoms with E-state index in [4.69, 9.17) is 9.47 Å². The number of hydrogen-bond acceptors (Lipinski definition) is 5. The third kappa shape index (κ3) is 2.40. The first-order chi connectivity index (χ1) is 10.8. The standard InChI is InChI=1S/C17H18N2O2S/c1-20-14-5-2-3-6-15(14)21-12-8-9-13-16(11-12)22-18-17-7-4-10-19(13)17/h2-3,5-6,8-9,11,17-18H,4,7,10H2,1H3. The molecule has 4 nitrogen and oxygen atoms in total. The molecule has 0 radical (unpaired) electrons. The van der Waals surface area contributed by atoms with E-state index in [2.05, 4.69) is 21.8 Å². The Kier molecular flexibility index (Phi) is 3.60. The molecule has 2 aliphatic heterocycles. The van der Waals surface area contributed by atoms with E-state index in [0.717, 1.165) is 23.8 Å². The molecule has 0 amide bonds. The minimum atomic E-state index is 0.471. The van der Waals surface area contributed by atoms with E-state index >= 15 is 0 Å². The summed E-state index contributed by atoms with van der Waals surface area (Å²) < 4.78 is 14.8. The number of para-hydroxylation sites is 2. The summed E-state index contributed by atoms with van der Waals surface area (Å²) in [4.78, 5) is 3.66. The average molecular weight is 314 g/mol. The molecule has 0 aromatic heterocycles. The van der Waals surface area contributed by atoms with Gasteiger partial charge in [-0.3, -0.25) is 0 Å². The molecule has 22 heavy (non-hydrogen) atoms. The van der Waals surface area contributed by atoms with Gasteiger partial charge in [0.1, 0.15) is 5.75 Å². The van der Waals surface area contributed by atoms with Crippen LogP contribution in [-0.2, 0) is 0 Å². The molecule has 2 heterocycles. The van der Waals surface area contributed by atoms with Crippen molar-refractivity contribution in [1.29, 1.82) is 0 Å². The van der Waals surface area contributed by atoms with Crippen molar-refractivity contribution in [3.05, 3.63) is 42.5 Å². The van der Waals surface area contributed by atoms with Crippen molar-refractivity contribution in [2.24, 2.45) is 0 Å². The zero-order chi connectivity index (χ0) is 14.9. The molecule has 114 valence electrons. The Bertz CT molecular complexity index is 692. The van der Waals surface area contributed by atoms with Gasteiger partial charge in [0.15, 0.2) is 11.5 Å². The Morgan fingerprint density at radius 1 is 1.18 bits per heavy atom. The summed E-state index contributed by atoms with van der Waals surface area (Å²) in [6.45, 7) is 1.12. The van der Waals surface area contributed by atoms with Crippen molar-refractivity contribution >= 4 is 17.6 Å². The fourth-order valence-electron chi connectivity index (χ4n) is 3.02. The summed E-state index contributed by atoms with van der Waals surface area (Å²) in [6.07, 6.45) is 2.93. The summed E-state index contributed by atoms with van der Waals surface area (Å²) in [6, 6.07) is 14.0. The van der Waals surface area contributed by atoms with Crippen LogP contribution < -0.4 is 19.1 Å². The van der Waals surface area contributed by atoms with E-state index in [9.17, 15) is 0 Å². The Morgan fingerprint density at radius 2 is 2.05 bits per heavy atom. The maximum atomic E-state index is 5.99. The molecule has 1 unspecified atom stereocenters. The molecule has 0 aliphatic carbocycles. The van der Waals surface area contributed by atoms with Crippen LogP contribution in [0, 0.1) is 0 Å². The zero-order valence-corrected chi connectivity index (χ0v) is 13.2. The second-order valence-electron chi connectivity index (χ2n) is 5.45. The fourth-order valence-corrected chi connectivity index (χ4v) is 3.99. The highest BCUT2D eigenvalue weighted by Gasteiger charge is 2.30. The molecule has 2 aromatic carbocycles. The smallest absolute Gasteiger partial charge is 0.169 e. The molecule has 1 fully saturated rings. The van der Waals surface area contributed by atoms with Gasteiger partial charge in [0.05, 0.1) is 19.0 Å². The Labute approximate surface area is 134 Å². The van der Waals surface area contributed by atoms with E-state index in [1.165, 1.54) is 23.4 Å². The van der Waals surface area contributed by atoms with Crippen LogP contribution in [0.15, 0.2) is 47.4 Å². The van der Waals surface area contributed by atoms with Gasteiger partial charge >= 0.3 is 0 Å². The fraction of sp³-hybridized carbons (Fsp3) is 0.294. The van der Waals surface area contributed by atoms with E-state index < -0.39 is 0 Å². The van der Waals surface area contributed by atoms with Gasteiger partial charge in [-0.05, 0) is 55.1 Å². The van der Waals surface area contributed by atoms with E-state index in [0.29, 0.717) is 6.17 Å². The molecular weight excluding hydrogens is 296 g/mol. The number of nitrogens with one attached hydrogen (secondary N) is 1. The highest BCUT2D eigenvalue weighted by atomic mass is 32.2. The molecule has 1 atom stereocenters. The number of fused-ring (bicyclic) bond motifs is 3. The van der Waals surface area contributed by atoms with Crippen LogP contribution in [0.5, 0.6) is 17.2 Å². The Morgan fingerprint density at radius 3 is 2.91 bits per heavy atom. The van der Waals surface area contributed by atoms with Crippen molar-refractivity contribution in [3.8, 4) is 17.2 Å². The lowest BCUT2D eigenvalue weighted by Gasteiger charge is -2.33. The maximum absolute atomic E-state index is 5.99. The zero-order valence-electron chi connectivity index (χ0n) is 12.4. The highest BCUT2D eigenvalue weighted by Crippen LogP contribution is 2.41.